The Hall–Kier alpha value is -6.16. The summed E-state index contributed by atoms with van der Waals surface area (Å²) in [5, 5.41) is 63.7. The summed E-state index contributed by atoms with van der Waals surface area (Å²) in [6.07, 6.45) is -1.72. The molecule has 3 amide bonds. The molecule has 0 saturated carbocycles. The molecule has 0 radical (unpaired) electrons. The highest BCUT2D eigenvalue weighted by molar-refractivity contribution is 6.25. The number of nitrogens with two attached hydrogens (primary N) is 1. The van der Waals surface area contributed by atoms with Gasteiger partial charge in [0.1, 0.15) is 28.4 Å². The summed E-state index contributed by atoms with van der Waals surface area (Å²) in [7, 11) is 6.81. The molecule has 7 rings (SSSR count). The van der Waals surface area contributed by atoms with E-state index in [1.54, 1.807) is 31.2 Å². The quantitative estimate of drug-likeness (QED) is 0.104. The molecular formula is C39H39N5O10. The van der Waals surface area contributed by atoms with Crippen LogP contribution in [-0.4, -0.2) is 99.9 Å². The van der Waals surface area contributed by atoms with Gasteiger partial charge in [-0.2, -0.15) is 0 Å². The van der Waals surface area contributed by atoms with Gasteiger partial charge in [0.2, 0.25) is 5.78 Å². The van der Waals surface area contributed by atoms with Crippen LogP contribution in [-0.2, 0) is 9.59 Å². The van der Waals surface area contributed by atoms with Crippen LogP contribution in [0.15, 0.2) is 87.7 Å². The number of furan rings is 1. The molecule has 15 heteroatoms. The number of nitrogens with one attached hydrogen (secondary N) is 2. The van der Waals surface area contributed by atoms with Crippen molar-refractivity contribution in [2.75, 3.05) is 43.7 Å². The first-order valence-electron chi connectivity index (χ1n) is 17.0. The van der Waals surface area contributed by atoms with Crippen LogP contribution in [0.5, 0.6) is 5.75 Å². The molecule has 4 aromatic rings. The highest BCUT2D eigenvalue weighted by Crippen LogP contribution is 2.56. The lowest BCUT2D eigenvalue weighted by Gasteiger charge is -2.53. The molecule has 0 bridgehead atoms. The van der Waals surface area contributed by atoms with Crippen molar-refractivity contribution in [2.24, 2.45) is 17.6 Å². The van der Waals surface area contributed by atoms with Gasteiger partial charge in [0.15, 0.2) is 17.1 Å². The number of Topliss-reactive ketones (excluding diaryl/α,β-unsaturated/α-hetero) is 2. The third kappa shape index (κ3) is 5.30. The highest BCUT2D eigenvalue weighted by atomic mass is 16.4. The Bertz CT molecular complexity index is 2340. The first-order chi connectivity index (χ1) is 25.5. The summed E-state index contributed by atoms with van der Waals surface area (Å²) in [5.41, 5.74) is 3.47. The maximum Gasteiger partial charge on any atom is 0.323 e. The third-order valence-corrected chi connectivity index (χ3v) is 10.8. The van der Waals surface area contributed by atoms with Crippen LogP contribution in [0.3, 0.4) is 0 Å². The maximum atomic E-state index is 14.2. The van der Waals surface area contributed by atoms with Crippen molar-refractivity contribution in [3.63, 3.8) is 0 Å². The zero-order valence-corrected chi connectivity index (χ0v) is 29.9. The Morgan fingerprint density at radius 3 is 2.24 bits per heavy atom. The van der Waals surface area contributed by atoms with Crippen molar-refractivity contribution in [3.8, 4) is 17.1 Å². The van der Waals surface area contributed by atoms with E-state index in [2.05, 4.69) is 10.6 Å². The number of ketones is 2. The van der Waals surface area contributed by atoms with Gasteiger partial charge in [-0.3, -0.25) is 19.3 Å². The third-order valence-electron chi connectivity index (χ3n) is 10.8. The first-order valence-corrected chi connectivity index (χ1v) is 17.0. The van der Waals surface area contributed by atoms with Crippen molar-refractivity contribution in [1.29, 1.82) is 0 Å². The molecule has 6 atom stereocenters. The van der Waals surface area contributed by atoms with E-state index in [9.17, 15) is 44.7 Å². The average molecular weight is 738 g/mol. The summed E-state index contributed by atoms with van der Waals surface area (Å²) in [6, 6.07) is 15.4. The number of anilines is 3. The Balaban J connectivity index is 1.16. The van der Waals surface area contributed by atoms with Gasteiger partial charge in [-0.15, -0.1) is 0 Å². The number of benzene rings is 3. The van der Waals surface area contributed by atoms with E-state index in [4.69, 9.17) is 10.2 Å². The van der Waals surface area contributed by atoms with Crippen LogP contribution in [0.1, 0.15) is 28.8 Å². The Morgan fingerprint density at radius 1 is 0.926 bits per heavy atom. The van der Waals surface area contributed by atoms with Gasteiger partial charge in [0, 0.05) is 54.0 Å². The molecule has 1 heterocycles. The summed E-state index contributed by atoms with van der Waals surface area (Å²) in [5.74, 6) is -9.47. The largest absolute Gasteiger partial charge is 0.510 e. The van der Waals surface area contributed by atoms with Crippen molar-refractivity contribution in [2.45, 2.75) is 30.6 Å². The van der Waals surface area contributed by atoms with E-state index in [-0.39, 0.29) is 16.8 Å². The van der Waals surface area contributed by atoms with Gasteiger partial charge in [0.25, 0.3) is 5.91 Å². The van der Waals surface area contributed by atoms with E-state index in [1.807, 2.05) is 43.3 Å². The van der Waals surface area contributed by atoms with Gasteiger partial charge in [-0.05, 0) is 74.1 Å². The lowest BCUT2D eigenvalue weighted by molar-refractivity contribution is -0.162. The second-order valence-corrected chi connectivity index (χ2v) is 14.4. The second-order valence-electron chi connectivity index (χ2n) is 14.4. The minimum atomic E-state index is -3.04. The molecule has 9 N–H and O–H groups in total. The molecule has 0 fully saturated rings. The van der Waals surface area contributed by atoms with Crippen molar-refractivity contribution >= 4 is 51.5 Å². The fourth-order valence-electron chi connectivity index (χ4n) is 8.17. The van der Waals surface area contributed by atoms with Crippen LogP contribution in [0.25, 0.3) is 22.3 Å². The summed E-state index contributed by atoms with van der Waals surface area (Å²) < 4.78 is 6.06. The SMILES string of the molecule is C[C@@H]1c2ccc(NC(=O)Nc3ccc(-c4cc5ccc(N(C)C)cc5o4)cc3)c(O)c2C(=O)C2=C(O)[C@]3(O)C(=O)C(C(N)=O)=C(O)[C@@H](N(C)C)[C@@H]3[C@@H](O)[C@@H]21. The smallest absolute Gasteiger partial charge is 0.323 e. The molecule has 280 valence electrons. The average Bonchev–Trinajstić information content (AvgIpc) is 3.54. The van der Waals surface area contributed by atoms with Crippen LogP contribution in [0.2, 0.25) is 0 Å². The molecular weight excluding hydrogens is 698 g/mol. The number of likely N-dealkylation sites (N-methyl/N-ethyl adjacent to an activating group) is 1. The predicted octanol–water partition coefficient (Wildman–Crippen LogP) is 3.78. The van der Waals surface area contributed by atoms with Crippen LogP contribution in [0, 0.1) is 11.8 Å². The number of hydrogen-bond donors (Lipinski definition) is 8. The second kappa shape index (κ2) is 12.8. The molecule has 1 aromatic heterocycles. The van der Waals surface area contributed by atoms with Crippen LogP contribution >= 0.6 is 0 Å². The molecule has 3 aliphatic rings. The topological polar surface area (TPSA) is 239 Å². The number of primary amides is 1. The first kappa shape index (κ1) is 36.2. The molecule has 0 saturated heterocycles. The molecule has 15 nitrogen and oxygen atoms in total. The highest BCUT2D eigenvalue weighted by Gasteiger charge is 2.67. The number of urea groups is 1. The molecule has 0 unspecified atom stereocenters. The van der Waals surface area contributed by atoms with E-state index >= 15 is 0 Å². The standard InChI is InChI=1S/C39H39N5O10/c1-16-21-12-13-22(42-38(52)41-19-9-6-17(7-10-19)23-14-18-8-11-20(43(2)3)15-24(18)54-23)31(45)26(21)32(46)27-25(16)33(47)29-30(44(4)5)34(48)28(37(40)51)36(50)39(29,53)35(27)49/h6-16,25,29-30,33,45,47-49,53H,1-5H3,(H2,40,51)(H2,41,42,52)/t16-,25-,29-,30+,33+,39+/m1/s1. The lowest BCUT2D eigenvalue weighted by atomic mass is 9.55. The normalized spacial score (nSPS) is 25.0. The molecule has 54 heavy (non-hydrogen) atoms. The van der Waals surface area contributed by atoms with Gasteiger partial charge < -0.3 is 51.2 Å². The number of nitrogens with zero attached hydrogens (tertiary/aromatic N) is 2. The number of hydrogen-bond acceptors (Lipinski definition) is 12. The summed E-state index contributed by atoms with van der Waals surface area (Å²) in [4.78, 5) is 56.5. The summed E-state index contributed by atoms with van der Waals surface area (Å²) in [6.45, 7) is 1.62. The van der Waals surface area contributed by atoms with Crippen LogP contribution in [0.4, 0.5) is 21.9 Å². The van der Waals surface area contributed by atoms with E-state index < -0.39 is 87.4 Å². The minimum Gasteiger partial charge on any atom is -0.510 e. The lowest BCUT2D eigenvalue weighted by Crippen LogP contribution is -2.68. The van der Waals surface area contributed by atoms with Crippen molar-refractivity contribution in [1.82, 2.24) is 4.90 Å². The van der Waals surface area contributed by atoms with Crippen molar-refractivity contribution in [3.05, 3.63) is 94.5 Å². The summed E-state index contributed by atoms with van der Waals surface area (Å²) >= 11 is 0. The fourth-order valence-corrected chi connectivity index (χ4v) is 8.17. The Morgan fingerprint density at radius 2 is 1.61 bits per heavy atom. The molecule has 3 aliphatic carbocycles. The fraction of sp³-hybridized carbons (Fsp3) is 0.282. The number of carbonyl (C=O) groups excluding carboxylic acids is 4. The minimum absolute atomic E-state index is 0.167. The number of amides is 3. The monoisotopic (exact) mass is 737 g/mol. The van der Waals surface area contributed by atoms with Gasteiger partial charge in [-0.1, -0.05) is 13.0 Å². The van der Waals surface area contributed by atoms with E-state index in [0.717, 1.165) is 22.2 Å². The number of carbonyl (C=O) groups is 4. The van der Waals surface area contributed by atoms with Crippen molar-refractivity contribution < 1.29 is 49.1 Å². The number of aromatic hydroxyl groups is 1. The number of phenols is 1. The number of rotatable bonds is 6. The molecule has 3 aromatic carbocycles. The van der Waals surface area contributed by atoms with Crippen LogP contribution < -0.4 is 21.3 Å². The number of phenolic OH excluding ortho intramolecular Hbond substituents is 1. The zero-order valence-electron chi connectivity index (χ0n) is 29.9. The number of fused-ring (bicyclic) bond motifs is 4. The Kier molecular flexibility index (Phi) is 8.55. The molecule has 0 spiro atoms. The Labute approximate surface area is 308 Å². The number of aliphatic hydroxyl groups excluding tert-OH is 3. The van der Waals surface area contributed by atoms with Gasteiger partial charge in [-0.25, -0.2) is 4.79 Å². The maximum absolute atomic E-state index is 14.2. The number of aliphatic hydroxyl groups is 4. The van der Waals surface area contributed by atoms with Gasteiger partial charge >= 0.3 is 6.03 Å². The zero-order chi connectivity index (χ0) is 39.1. The van der Waals surface area contributed by atoms with Gasteiger partial charge in [0.05, 0.1) is 29.3 Å². The van der Waals surface area contributed by atoms with E-state index in [0.29, 0.717) is 11.4 Å². The van der Waals surface area contributed by atoms with E-state index in [1.165, 1.54) is 31.1 Å². The molecule has 0 aliphatic heterocycles. The predicted molar refractivity (Wildman–Crippen MR) is 198 cm³/mol.